The summed E-state index contributed by atoms with van der Waals surface area (Å²) in [6.45, 7) is 0. The second-order valence-electron chi connectivity index (χ2n) is 3.35. The Hall–Kier alpha value is -1.53. The standard InChI is InChI=1S/C12H8BrFN2OS/c13-11-5-4-10(18-11)7-15-16-12(17)8-2-1-3-9(14)6-8/h1-7H,(H,16,17). The van der Waals surface area contributed by atoms with Crippen molar-refractivity contribution in [1.29, 1.82) is 0 Å². The number of nitrogens with one attached hydrogen (secondary N) is 1. The van der Waals surface area contributed by atoms with Crippen molar-refractivity contribution in [2.24, 2.45) is 5.10 Å². The lowest BCUT2D eigenvalue weighted by molar-refractivity contribution is 0.0954. The van der Waals surface area contributed by atoms with E-state index in [-0.39, 0.29) is 5.56 Å². The van der Waals surface area contributed by atoms with E-state index in [1.54, 1.807) is 0 Å². The molecule has 2 aromatic rings. The topological polar surface area (TPSA) is 41.5 Å². The zero-order valence-corrected chi connectivity index (χ0v) is 11.5. The van der Waals surface area contributed by atoms with Gasteiger partial charge in [-0.3, -0.25) is 4.79 Å². The first-order valence-corrected chi connectivity index (χ1v) is 6.60. The molecule has 1 aromatic carbocycles. The number of carbonyl (C=O) groups is 1. The van der Waals surface area contributed by atoms with Gasteiger partial charge in [0.25, 0.3) is 5.91 Å². The van der Waals surface area contributed by atoms with Gasteiger partial charge in [-0.1, -0.05) is 6.07 Å². The Morgan fingerprint density at radius 1 is 1.39 bits per heavy atom. The molecule has 92 valence electrons. The summed E-state index contributed by atoms with van der Waals surface area (Å²) in [5.74, 6) is -0.893. The van der Waals surface area contributed by atoms with Crippen LogP contribution in [0, 0.1) is 5.82 Å². The lowest BCUT2D eigenvalue weighted by Crippen LogP contribution is -2.17. The van der Waals surface area contributed by atoms with Crippen LogP contribution in [0.4, 0.5) is 4.39 Å². The Bertz CT molecular complexity index is 597. The average molecular weight is 327 g/mol. The number of rotatable bonds is 3. The van der Waals surface area contributed by atoms with Crippen LogP contribution in [-0.4, -0.2) is 12.1 Å². The van der Waals surface area contributed by atoms with Gasteiger partial charge in [0.15, 0.2) is 0 Å². The maximum absolute atomic E-state index is 12.9. The zero-order valence-electron chi connectivity index (χ0n) is 9.06. The summed E-state index contributed by atoms with van der Waals surface area (Å²) in [5.41, 5.74) is 2.57. The first-order valence-electron chi connectivity index (χ1n) is 4.99. The minimum Gasteiger partial charge on any atom is -0.267 e. The van der Waals surface area contributed by atoms with Gasteiger partial charge in [-0.2, -0.15) is 5.10 Å². The maximum Gasteiger partial charge on any atom is 0.271 e. The molecule has 18 heavy (non-hydrogen) atoms. The van der Waals surface area contributed by atoms with E-state index in [2.05, 4.69) is 26.5 Å². The van der Waals surface area contributed by atoms with Crippen LogP contribution in [-0.2, 0) is 0 Å². The molecule has 0 aliphatic carbocycles. The van der Waals surface area contributed by atoms with Crippen molar-refractivity contribution in [1.82, 2.24) is 5.43 Å². The third-order valence-corrected chi connectivity index (χ3v) is 3.60. The predicted octanol–water partition coefficient (Wildman–Crippen LogP) is 3.41. The van der Waals surface area contributed by atoms with Crippen LogP contribution in [0.15, 0.2) is 45.3 Å². The number of carbonyl (C=O) groups excluding carboxylic acids is 1. The minimum atomic E-state index is -0.450. The van der Waals surface area contributed by atoms with Crippen LogP contribution in [0.1, 0.15) is 15.2 Å². The number of amides is 1. The fourth-order valence-electron chi connectivity index (χ4n) is 1.25. The van der Waals surface area contributed by atoms with Crippen molar-refractivity contribution >= 4 is 39.4 Å². The minimum absolute atomic E-state index is 0.236. The van der Waals surface area contributed by atoms with Crippen molar-refractivity contribution < 1.29 is 9.18 Å². The fraction of sp³-hybridized carbons (Fsp3) is 0. The quantitative estimate of drug-likeness (QED) is 0.681. The monoisotopic (exact) mass is 326 g/mol. The largest absolute Gasteiger partial charge is 0.271 e. The molecule has 1 aromatic heterocycles. The average Bonchev–Trinajstić information content (AvgIpc) is 2.75. The van der Waals surface area contributed by atoms with Gasteiger partial charge in [-0.05, 0) is 46.3 Å². The van der Waals surface area contributed by atoms with E-state index < -0.39 is 11.7 Å². The first-order chi connectivity index (χ1) is 8.65. The van der Waals surface area contributed by atoms with Gasteiger partial charge in [-0.15, -0.1) is 11.3 Å². The van der Waals surface area contributed by atoms with Crippen molar-refractivity contribution in [3.63, 3.8) is 0 Å². The van der Waals surface area contributed by atoms with Crippen LogP contribution in [0.25, 0.3) is 0 Å². The molecule has 0 saturated carbocycles. The molecule has 0 unspecified atom stereocenters. The molecule has 0 aliphatic heterocycles. The Balaban J connectivity index is 1.98. The van der Waals surface area contributed by atoms with Gasteiger partial charge in [-0.25, -0.2) is 9.82 Å². The number of hydrogen-bond donors (Lipinski definition) is 1. The number of hydrogen-bond acceptors (Lipinski definition) is 3. The van der Waals surface area contributed by atoms with Crippen LogP contribution < -0.4 is 5.43 Å². The van der Waals surface area contributed by atoms with Crippen LogP contribution in [0.3, 0.4) is 0 Å². The van der Waals surface area contributed by atoms with Gasteiger partial charge in [0.2, 0.25) is 0 Å². The Kier molecular flexibility index (Phi) is 4.22. The second-order valence-corrected chi connectivity index (χ2v) is 5.85. The van der Waals surface area contributed by atoms with Gasteiger partial charge < -0.3 is 0 Å². The number of halogens is 2. The summed E-state index contributed by atoms with van der Waals surface area (Å²) in [5, 5.41) is 3.80. The normalized spacial score (nSPS) is 10.8. The molecule has 0 bridgehead atoms. The molecule has 0 aliphatic rings. The van der Waals surface area contributed by atoms with Gasteiger partial charge >= 0.3 is 0 Å². The summed E-state index contributed by atoms with van der Waals surface area (Å²) in [4.78, 5) is 12.5. The third kappa shape index (κ3) is 3.48. The second kappa shape index (κ2) is 5.88. The smallest absolute Gasteiger partial charge is 0.267 e. The maximum atomic E-state index is 12.9. The van der Waals surface area contributed by atoms with Crippen molar-refractivity contribution in [2.75, 3.05) is 0 Å². The number of benzene rings is 1. The molecule has 0 atom stereocenters. The van der Waals surface area contributed by atoms with E-state index in [4.69, 9.17) is 0 Å². The molecular formula is C12H8BrFN2OS. The lowest BCUT2D eigenvalue weighted by Gasteiger charge is -1.98. The highest BCUT2D eigenvalue weighted by atomic mass is 79.9. The van der Waals surface area contributed by atoms with Crippen LogP contribution in [0.5, 0.6) is 0 Å². The molecule has 1 heterocycles. The molecule has 0 spiro atoms. The van der Waals surface area contributed by atoms with Gasteiger partial charge in [0.1, 0.15) is 5.82 Å². The van der Waals surface area contributed by atoms with E-state index >= 15 is 0 Å². The molecule has 3 nitrogen and oxygen atoms in total. The van der Waals surface area contributed by atoms with Crippen molar-refractivity contribution in [3.05, 3.63) is 56.4 Å². The molecular weight excluding hydrogens is 319 g/mol. The molecule has 2 rings (SSSR count). The van der Waals surface area contributed by atoms with Crippen LogP contribution >= 0.6 is 27.3 Å². The summed E-state index contributed by atoms with van der Waals surface area (Å²) < 4.78 is 13.9. The number of nitrogens with zero attached hydrogens (tertiary/aromatic N) is 1. The predicted molar refractivity (Wildman–Crippen MR) is 73.5 cm³/mol. The van der Waals surface area contributed by atoms with Gasteiger partial charge in [0.05, 0.1) is 10.0 Å². The van der Waals surface area contributed by atoms with Crippen molar-refractivity contribution in [2.45, 2.75) is 0 Å². The number of thiophene rings is 1. The van der Waals surface area contributed by atoms with Crippen molar-refractivity contribution in [3.8, 4) is 0 Å². The van der Waals surface area contributed by atoms with E-state index in [0.717, 1.165) is 14.7 Å². The number of hydrazone groups is 1. The highest BCUT2D eigenvalue weighted by Crippen LogP contribution is 2.20. The van der Waals surface area contributed by atoms with Gasteiger partial charge in [0, 0.05) is 10.4 Å². The highest BCUT2D eigenvalue weighted by Gasteiger charge is 2.04. The Morgan fingerprint density at radius 3 is 2.89 bits per heavy atom. The third-order valence-electron chi connectivity index (χ3n) is 2.04. The lowest BCUT2D eigenvalue weighted by atomic mass is 10.2. The molecule has 0 radical (unpaired) electrons. The fourth-order valence-corrected chi connectivity index (χ4v) is 2.54. The van der Waals surface area contributed by atoms with E-state index in [1.165, 1.54) is 35.8 Å². The van der Waals surface area contributed by atoms with Crippen LogP contribution in [0.2, 0.25) is 0 Å². The summed E-state index contributed by atoms with van der Waals surface area (Å²) >= 11 is 4.82. The Labute approximate surface area is 115 Å². The molecule has 0 saturated heterocycles. The zero-order chi connectivity index (χ0) is 13.0. The molecule has 1 amide bonds. The van der Waals surface area contributed by atoms with E-state index in [9.17, 15) is 9.18 Å². The summed E-state index contributed by atoms with van der Waals surface area (Å²) in [7, 11) is 0. The van der Waals surface area contributed by atoms with E-state index in [1.807, 2.05) is 12.1 Å². The first kappa shape index (κ1) is 12.9. The molecule has 6 heteroatoms. The summed E-state index contributed by atoms with van der Waals surface area (Å²) in [6.07, 6.45) is 1.53. The summed E-state index contributed by atoms with van der Waals surface area (Å²) in [6, 6.07) is 9.20. The van der Waals surface area contributed by atoms with E-state index in [0.29, 0.717) is 0 Å². The Morgan fingerprint density at radius 2 is 2.22 bits per heavy atom. The molecule has 0 fully saturated rings. The molecule has 1 N–H and O–H groups in total. The SMILES string of the molecule is O=C(NN=Cc1ccc(Br)s1)c1cccc(F)c1. The highest BCUT2D eigenvalue weighted by molar-refractivity contribution is 9.11.